The molecule has 0 aliphatic heterocycles. The van der Waals surface area contributed by atoms with Gasteiger partial charge in [-0.2, -0.15) is 10.2 Å². The highest BCUT2D eigenvalue weighted by atomic mass is 16.3. The summed E-state index contributed by atoms with van der Waals surface area (Å²) in [6.45, 7) is 0. The molecule has 0 bridgehead atoms. The Bertz CT molecular complexity index is 318. The normalized spacial score (nSPS) is 11.0. The molecule has 0 aromatic carbocycles. The maximum Gasteiger partial charge on any atom is 0.0650 e. The highest BCUT2D eigenvalue weighted by molar-refractivity contribution is 5.03. The van der Waals surface area contributed by atoms with Crippen LogP contribution in [0.15, 0.2) is 24.5 Å². The lowest BCUT2D eigenvalue weighted by Gasteiger charge is -2.06. The Morgan fingerprint density at radius 3 is 1.93 bits per heavy atom. The minimum atomic E-state index is -0.407. The van der Waals surface area contributed by atoms with Gasteiger partial charge >= 0.3 is 0 Å². The summed E-state index contributed by atoms with van der Waals surface area (Å²) in [5.74, 6) is 0. The fourth-order valence-corrected chi connectivity index (χ4v) is 1.38. The Morgan fingerprint density at radius 1 is 1.07 bits per heavy atom. The van der Waals surface area contributed by atoms with Crippen LogP contribution >= 0.6 is 0 Å². The fraction of sp³-hybridized carbons (Fsp3) is 0.333. The van der Waals surface area contributed by atoms with Crippen molar-refractivity contribution in [1.82, 2.24) is 20.4 Å². The Morgan fingerprint density at radius 2 is 1.57 bits per heavy atom. The highest BCUT2D eigenvalue weighted by Gasteiger charge is 2.08. The summed E-state index contributed by atoms with van der Waals surface area (Å²) in [7, 11) is 0. The molecule has 0 aliphatic rings. The van der Waals surface area contributed by atoms with E-state index in [2.05, 4.69) is 20.4 Å². The minimum Gasteiger partial charge on any atom is -0.392 e. The van der Waals surface area contributed by atoms with Crippen LogP contribution in [-0.4, -0.2) is 31.6 Å². The lowest BCUT2D eigenvalue weighted by molar-refractivity contribution is 0.173. The van der Waals surface area contributed by atoms with Crippen LogP contribution in [0.4, 0.5) is 0 Å². The summed E-state index contributed by atoms with van der Waals surface area (Å²) < 4.78 is 0. The molecule has 0 saturated heterocycles. The van der Waals surface area contributed by atoms with Crippen LogP contribution in [0.5, 0.6) is 0 Å². The van der Waals surface area contributed by atoms with Gasteiger partial charge in [-0.15, -0.1) is 0 Å². The zero-order valence-corrected chi connectivity index (χ0v) is 7.64. The molecule has 2 heterocycles. The van der Waals surface area contributed by atoms with Crippen molar-refractivity contribution in [3.63, 3.8) is 0 Å². The molecule has 5 nitrogen and oxygen atoms in total. The average molecular weight is 192 g/mol. The standard InChI is InChI=1S/C9H12N4O/c14-9(5-7-1-3-10-12-7)6-8-2-4-11-13-8/h1-4,9,14H,5-6H2,(H,10,12)(H,11,13). The monoisotopic (exact) mass is 192 g/mol. The Balaban J connectivity index is 1.88. The van der Waals surface area contributed by atoms with Crippen LogP contribution < -0.4 is 0 Å². The number of rotatable bonds is 4. The van der Waals surface area contributed by atoms with E-state index in [4.69, 9.17) is 0 Å². The molecule has 0 unspecified atom stereocenters. The number of nitrogens with zero attached hydrogens (tertiary/aromatic N) is 2. The maximum absolute atomic E-state index is 9.70. The zero-order chi connectivity index (χ0) is 9.80. The molecular weight excluding hydrogens is 180 g/mol. The van der Waals surface area contributed by atoms with Gasteiger partial charge in [0, 0.05) is 36.6 Å². The van der Waals surface area contributed by atoms with Gasteiger partial charge in [0.15, 0.2) is 0 Å². The van der Waals surface area contributed by atoms with Crippen LogP contribution in [-0.2, 0) is 12.8 Å². The van der Waals surface area contributed by atoms with Crippen molar-refractivity contribution in [2.45, 2.75) is 18.9 Å². The molecule has 0 amide bonds. The number of nitrogens with one attached hydrogen (secondary N) is 2. The van der Waals surface area contributed by atoms with E-state index < -0.39 is 6.10 Å². The van der Waals surface area contributed by atoms with Gasteiger partial charge < -0.3 is 5.11 Å². The van der Waals surface area contributed by atoms with E-state index in [0.717, 1.165) is 11.4 Å². The van der Waals surface area contributed by atoms with Gasteiger partial charge in [-0.3, -0.25) is 10.2 Å². The molecule has 3 N–H and O–H groups in total. The Kier molecular flexibility index (Phi) is 2.60. The first-order chi connectivity index (χ1) is 6.84. The first-order valence-electron chi connectivity index (χ1n) is 4.49. The molecule has 0 radical (unpaired) electrons. The molecule has 2 aromatic heterocycles. The Labute approximate surface area is 81.2 Å². The van der Waals surface area contributed by atoms with Crippen molar-refractivity contribution in [2.24, 2.45) is 0 Å². The van der Waals surface area contributed by atoms with Gasteiger partial charge in [0.2, 0.25) is 0 Å². The molecule has 74 valence electrons. The number of H-pyrrole nitrogens is 2. The van der Waals surface area contributed by atoms with E-state index in [1.807, 2.05) is 12.1 Å². The van der Waals surface area contributed by atoms with E-state index in [1.54, 1.807) is 12.4 Å². The van der Waals surface area contributed by atoms with Gasteiger partial charge in [0.1, 0.15) is 0 Å². The van der Waals surface area contributed by atoms with Crippen molar-refractivity contribution in [3.8, 4) is 0 Å². The topological polar surface area (TPSA) is 77.6 Å². The van der Waals surface area contributed by atoms with E-state index in [1.165, 1.54) is 0 Å². The van der Waals surface area contributed by atoms with Crippen molar-refractivity contribution < 1.29 is 5.11 Å². The van der Waals surface area contributed by atoms with Crippen molar-refractivity contribution >= 4 is 0 Å². The second kappa shape index (κ2) is 4.06. The number of aliphatic hydroxyl groups is 1. The lowest BCUT2D eigenvalue weighted by Crippen LogP contribution is -2.14. The fourth-order valence-electron chi connectivity index (χ4n) is 1.38. The largest absolute Gasteiger partial charge is 0.392 e. The third kappa shape index (κ3) is 2.20. The SMILES string of the molecule is OC(Cc1ccn[nH]1)Cc1ccn[nH]1. The molecule has 0 atom stereocenters. The van der Waals surface area contributed by atoms with Crippen LogP contribution in [0.1, 0.15) is 11.4 Å². The summed E-state index contributed by atoms with van der Waals surface area (Å²) in [5, 5.41) is 23.0. The van der Waals surface area contributed by atoms with E-state index in [-0.39, 0.29) is 0 Å². The molecular formula is C9H12N4O. The van der Waals surface area contributed by atoms with E-state index >= 15 is 0 Å². The van der Waals surface area contributed by atoms with Crippen LogP contribution in [0.25, 0.3) is 0 Å². The predicted octanol–water partition coefficient (Wildman–Crippen LogP) is 0.279. The summed E-state index contributed by atoms with van der Waals surface area (Å²) >= 11 is 0. The molecule has 0 spiro atoms. The van der Waals surface area contributed by atoms with Crippen molar-refractivity contribution in [1.29, 1.82) is 0 Å². The highest BCUT2D eigenvalue weighted by Crippen LogP contribution is 2.04. The van der Waals surface area contributed by atoms with Gasteiger partial charge in [-0.1, -0.05) is 0 Å². The molecule has 2 aromatic rings. The van der Waals surface area contributed by atoms with Crippen LogP contribution in [0, 0.1) is 0 Å². The molecule has 0 saturated carbocycles. The number of hydrogen-bond donors (Lipinski definition) is 3. The first-order valence-corrected chi connectivity index (χ1v) is 4.49. The summed E-state index contributed by atoms with van der Waals surface area (Å²) in [5.41, 5.74) is 1.88. The number of hydrogen-bond acceptors (Lipinski definition) is 3. The quantitative estimate of drug-likeness (QED) is 0.651. The van der Waals surface area contributed by atoms with E-state index in [9.17, 15) is 5.11 Å². The number of aliphatic hydroxyl groups excluding tert-OH is 1. The molecule has 0 aliphatic carbocycles. The van der Waals surface area contributed by atoms with Gasteiger partial charge in [0.05, 0.1) is 6.10 Å². The summed E-state index contributed by atoms with van der Waals surface area (Å²) in [6.07, 6.45) is 4.12. The lowest BCUT2D eigenvalue weighted by atomic mass is 10.1. The van der Waals surface area contributed by atoms with Crippen LogP contribution in [0.2, 0.25) is 0 Å². The molecule has 14 heavy (non-hydrogen) atoms. The summed E-state index contributed by atoms with van der Waals surface area (Å²) in [6, 6.07) is 3.71. The third-order valence-electron chi connectivity index (χ3n) is 2.03. The molecule has 0 fully saturated rings. The smallest absolute Gasteiger partial charge is 0.0650 e. The molecule has 2 rings (SSSR count). The number of aromatic amines is 2. The zero-order valence-electron chi connectivity index (χ0n) is 7.64. The van der Waals surface area contributed by atoms with Gasteiger partial charge in [-0.25, -0.2) is 0 Å². The minimum absolute atomic E-state index is 0.407. The second-order valence-electron chi connectivity index (χ2n) is 3.23. The maximum atomic E-state index is 9.70. The van der Waals surface area contributed by atoms with Crippen LogP contribution in [0.3, 0.4) is 0 Å². The molecule has 5 heteroatoms. The van der Waals surface area contributed by atoms with Crippen molar-refractivity contribution in [3.05, 3.63) is 35.9 Å². The van der Waals surface area contributed by atoms with Gasteiger partial charge in [0.25, 0.3) is 0 Å². The Hall–Kier alpha value is -1.62. The average Bonchev–Trinajstić information content (AvgIpc) is 2.76. The third-order valence-corrected chi connectivity index (χ3v) is 2.03. The summed E-state index contributed by atoms with van der Waals surface area (Å²) in [4.78, 5) is 0. The second-order valence-corrected chi connectivity index (χ2v) is 3.23. The predicted molar refractivity (Wildman–Crippen MR) is 50.6 cm³/mol. The van der Waals surface area contributed by atoms with Gasteiger partial charge in [-0.05, 0) is 12.1 Å². The van der Waals surface area contributed by atoms with Crippen molar-refractivity contribution in [2.75, 3.05) is 0 Å². The first kappa shape index (κ1) is 8.96. The van der Waals surface area contributed by atoms with E-state index in [0.29, 0.717) is 12.8 Å². The number of aromatic nitrogens is 4.